The summed E-state index contributed by atoms with van der Waals surface area (Å²) >= 11 is 0. The van der Waals surface area contributed by atoms with Gasteiger partial charge in [0.2, 0.25) is 5.91 Å². The molecule has 7 nitrogen and oxygen atoms in total. The monoisotopic (exact) mass is 249 g/mol. The number of hydrogen-bond donors (Lipinski definition) is 3. The SMILES string of the molecule is O=C1CNc2ncnc(N3CCC(O)CC3)c2N1. The van der Waals surface area contributed by atoms with E-state index < -0.39 is 0 Å². The largest absolute Gasteiger partial charge is 0.393 e. The van der Waals surface area contributed by atoms with E-state index in [1.54, 1.807) is 0 Å². The van der Waals surface area contributed by atoms with Gasteiger partial charge in [-0.1, -0.05) is 0 Å². The first-order valence-corrected chi connectivity index (χ1v) is 6.06. The maximum Gasteiger partial charge on any atom is 0.243 e. The number of piperidine rings is 1. The molecule has 2 aliphatic heterocycles. The van der Waals surface area contributed by atoms with Gasteiger partial charge in [0.1, 0.15) is 12.0 Å². The van der Waals surface area contributed by atoms with Crippen molar-refractivity contribution in [1.29, 1.82) is 0 Å². The summed E-state index contributed by atoms with van der Waals surface area (Å²) in [6.07, 6.45) is 2.70. The topological polar surface area (TPSA) is 90.4 Å². The molecule has 0 bridgehead atoms. The van der Waals surface area contributed by atoms with Gasteiger partial charge in [-0.25, -0.2) is 9.97 Å². The van der Waals surface area contributed by atoms with E-state index in [-0.39, 0.29) is 18.6 Å². The van der Waals surface area contributed by atoms with Crippen LogP contribution >= 0.6 is 0 Å². The number of rotatable bonds is 1. The van der Waals surface area contributed by atoms with E-state index in [2.05, 4.69) is 25.5 Å². The van der Waals surface area contributed by atoms with Crippen molar-refractivity contribution in [1.82, 2.24) is 9.97 Å². The predicted octanol–water partition coefficient (Wildman–Crippen LogP) is -0.198. The van der Waals surface area contributed by atoms with Gasteiger partial charge in [-0.3, -0.25) is 4.79 Å². The summed E-state index contributed by atoms with van der Waals surface area (Å²) in [4.78, 5) is 21.9. The van der Waals surface area contributed by atoms with Gasteiger partial charge in [0, 0.05) is 13.1 Å². The van der Waals surface area contributed by atoms with Gasteiger partial charge >= 0.3 is 0 Å². The van der Waals surface area contributed by atoms with Crippen molar-refractivity contribution in [3.63, 3.8) is 0 Å². The maximum absolute atomic E-state index is 11.4. The number of carbonyl (C=O) groups is 1. The van der Waals surface area contributed by atoms with E-state index in [1.165, 1.54) is 6.33 Å². The minimum atomic E-state index is -0.230. The Bertz CT molecular complexity index is 471. The molecule has 0 aromatic carbocycles. The summed E-state index contributed by atoms with van der Waals surface area (Å²) in [5, 5.41) is 15.3. The van der Waals surface area contributed by atoms with Gasteiger partial charge in [0.25, 0.3) is 0 Å². The third-order valence-electron chi connectivity index (χ3n) is 3.27. The Morgan fingerprint density at radius 3 is 2.89 bits per heavy atom. The van der Waals surface area contributed by atoms with Crippen LogP contribution in [0.1, 0.15) is 12.8 Å². The van der Waals surface area contributed by atoms with Crippen LogP contribution in [0.25, 0.3) is 0 Å². The van der Waals surface area contributed by atoms with Gasteiger partial charge in [-0.15, -0.1) is 0 Å². The molecule has 1 aromatic heterocycles. The molecule has 1 aromatic rings. The number of amides is 1. The molecule has 1 saturated heterocycles. The minimum absolute atomic E-state index is 0.0874. The Balaban J connectivity index is 1.90. The van der Waals surface area contributed by atoms with Gasteiger partial charge in [0.15, 0.2) is 11.6 Å². The van der Waals surface area contributed by atoms with Crippen molar-refractivity contribution < 1.29 is 9.90 Å². The zero-order chi connectivity index (χ0) is 12.5. The van der Waals surface area contributed by atoms with Crippen molar-refractivity contribution >= 4 is 23.2 Å². The summed E-state index contributed by atoms with van der Waals surface area (Å²) < 4.78 is 0. The summed E-state index contributed by atoms with van der Waals surface area (Å²) in [5.41, 5.74) is 0.644. The second kappa shape index (κ2) is 4.41. The van der Waals surface area contributed by atoms with Crippen LogP contribution in [-0.2, 0) is 4.79 Å². The van der Waals surface area contributed by atoms with E-state index in [0.717, 1.165) is 31.7 Å². The third kappa shape index (κ3) is 1.97. The zero-order valence-corrected chi connectivity index (χ0v) is 9.89. The van der Waals surface area contributed by atoms with E-state index >= 15 is 0 Å². The van der Waals surface area contributed by atoms with E-state index in [1.807, 2.05) is 0 Å². The first kappa shape index (κ1) is 11.2. The first-order valence-electron chi connectivity index (χ1n) is 6.06. The Morgan fingerprint density at radius 1 is 1.33 bits per heavy atom. The lowest BCUT2D eigenvalue weighted by Crippen LogP contribution is -2.38. The van der Waals surface area contributed by atoms with Crippen molar-refractivity contribution in [3.8, 4) is 0 Å². The molecule has 1 amide bonds. The Labute approximate surface area is 104 Å². The molecule has 3 heterocycles. The fourth-order valence-corrected chi connectivity index (χ4v) is 2.29. The molecule has 0 unspecified atom stereocenters. The van der Waals surface area contributed by atoms with Crippen LogP contribution < -0.4 is 15.5 Å². The number of nitrogens with zero attached hydrogens (tertiary/aromatic N) is 3. The standard InChI is InChI=1S/C11H15N5O2/c17-7-1-3-16(4-2-7)11-9-10(13-6-14-11)12-5-8(18)15-9/h6-7,17H,1-5H2,(H,15,18)(H,12,13,14). The molecule has 0 aliphatic carbocycles. The van der Waals surface area contributed by atoms with Crippen molar-refractivity contribution in [3.05, 3.63) is 6.33 Å². The number of fused-ring (bicyclic) bond motifs is 1. The Kier molecular flexibility index (Phi) is 2.75. The van der Waals surface area contributed by atoms with Gasteiger partial charge in [-0.05, 0) is 12.8 Å². The van der Waals surface area contributed by atoms with Crippen molar-refractivity contribution in [2.45, 2.75) is 18.9 Å². The highest BCUT2D eigenvalue weighted by Gasteiger charge is 2.25. The molecule has 18 heavy (non-hydrogen) atoms. The second-order valence-electron chi connectivity index (χ2n) is 4.54. The summed E-state index contributed by atoms with van der Waals surface area (Å²) in [7, 11) is 0. The quantitative estimate of drug-likeness (QED) is 0.638. The lowest BCUT2D eigenvalue weighted by atomic mass is 10.1. The average molecular weight is 249 g/mol. The number of anilines is 3. The van der Waals surface area contributed by atoms with Crippen molar-refractivity contribution in [2.75, 3.05) is 35.2 Å². The summed E-state index contributed by atoms with van der Waals surface area (Å²) in [5.74, 6) is 1.30. The Morgan fingerprint density at radius 2 is 2.11 bits per heavy atom. The number of aliphatic hydroxyl groups excluding tert-OH is 1. The minimum Gasteiger partial charge on any atom is -0.393 e. The smallest absolute Gasteiger partial charge is 0.243 e. The first-order chi connectivity index (χ1) is 8.74. The number of carbonyl (C=O) groups excluding carboxylic acids is 1. The molecule has 0 saturated carbocycles. The average Bonchev–Trinajstić information content (AvgIpc) is 2.39. The van der Waals surface area contributed by atoms with E-state index in [9.17, 15) is 9.90 Å². The van der Waals surface area contributed by atoms with Crippen molar-refractivity contribution in [2.24, 2.45) is 0 Å². The van der Waals surface area contributed by atoms with Crippen LogP contribution in [-0.4, -0.2) is 46.7 Å². The molecule has 0 spiro atoms. The van der Waals surface area contributed by atoms with Gasteiger partial charge < -0.3 is 20.6 Å². The van der Waals surface area contributed by atoms with Crippen LogP contribution in [0.2, 0.25) is 0 Å². The lowest BCUT2D eigenvalue weighted by molar-refractivity contribution is -0.114. The predicted molar refractivity (Wildman–Crippen MR) is 66.6 cm³/mol. The number of hydrogen-bond acceptors (Lipinski definition) is 6. The van der Waals surface area contributed by atoms with Crippen LogP contribution in [0.4, 0.5) is 17.3 Å². The fraction of sp³-hybridized carbons (Fsp3) is 0.545. The maximum atomic E-state index is 11.4. The molecule has 0 radical (unpaired) electrons. The summed E-state index contributed by atoms with van der Waals surface area (Å²) in [6.45, 7) is 1.71. The zero-order valence-electron chi connectivity index (χ0n) is 9.89. The molecular weight excluding hydrogens is 234 g/mol. The molecule has 0 atom stereocenters. The Hall–Kier alpha value is -1.89. The third-order valence-corrected chi connectivity index (χ3v) is 3.27. The molecular formula is C11H15N5O2. The van der Waals surface area contributed by atoms with Gasteiger partial charge in [0.05, 0.1) is 12.6 Å². The normalized spacial score (nSPS) is 20.1. The van der Waals surface area contributed by atoms with E-state index in [4.69, 9.17) is 0 Å². The molecule has 7 heteroatoms. The highest BCUT2D eigenvalue weighted by atomic mass is 16.3. The number of nitrogens with one attached hydrogen (secondary N) is 2. The van der Waals surface area contributed by atoms with Crippen LogP contribution in [0, 0.1) is 0 Å². The highest BCUT2D eigenvalue weighted by Crippen LogP contribution is 2.32. The second-order valence-corrected chi connectivity index (χ2v) is 4.54. The number of aromatic nitrogens is 2. The molecule has 96 valence electrons. The van der Waals surface area contributed by atoms with E-state index in [0.29, 0.717) is 11.5 Å². The molecule has 1 fully saturated rings. The van der Waals surface area contributed by atoms with Crippen LogP contribution in [0.15, 0.2) is 6.33 Å². The summed E-state index contributed by atoms with van der Waals surface area (Å²) in [6, 6.07) is 0. The highest BCUT2D eigenvalue weighted by molar-refractivity contribution is 6.02. The molecule has 2 aliphatic rings. The molecule has 3 rings (SSSR count). The van der Waals surface area contributed by atoms with Crippen LogP contribution in [0.5, 0.6) is 0 Å². The number of aliphatic hydroxyl groups is 1. The lowest BCUT2D eigenvalue weighted by Gasteiger charge is -2.32. The van der Waals surface area contributed by atoms with Crippen LogP contribution in [0.3, 0.4) is 0 Å². The van der Waals surface area contributed by atoms with Gasteiger partial charge in [-0.2, -0.15) is 0 Å². The molecule has 3 N–H and O–H groups in total. The fourth-order valence-electron chi connectivity index (χ4n) is 2.29.